The van der Waals surface area contributed by atoms with E-state index in [2.05, 4.69) is 4.74 Å². The highest BCUT2D eigenvalue weighted by Crippen LogP contribution is 2.49. The maximum absolute atomic E-state index is 13.5. The Kier molecular flexibility index (Phi) is 7.87. The summed E-state index contributed by atoms with van der Waals surface area (Å²) >= 11 is 0. The fourth-order valence-electron chi connectivity index (χ4n) is 6.27. The number of carbonyl (C=O) groups is 1. The molecular weight excluding hydrogens is 616 g/mol. The monoisotopic (exact) mass is 650 g/mol. The molecule has 3 N–H and O–H groups in total. The molecule has 0 amide bonds. The smallest absolute Gasteiger partial charge is 0.481 e. The molecule has 2 aliphatic carbocycles. The van der Waals surface area contributed by atoms with E-state index in [9.17, 15) is 27.6 Å². The fourth-order valence-corrected chi connectivity index (χ4v) is 7.13. The van der Waals surface area contributed by atoms with Crippen LogP contribution in [0.15, 0.2) is 71.7 Å². The van der Waals surface area contributed by atoms with E-state index in [1.54, 1.807) is 36.0 Å². The fraction of sp³-hybridized carbons (Fsp3) is 0.324. The molecule has 0 saturated heterocycles. The number of nitrogen functional groups attached to an aromatic ring is 1. The number of rotatable bonds is 9. The van der Waals surface area contributed by atoms with E-state index in [0.717, 1.165) is 24.1 Å². The minimum atomic E-state index is -4.97. The summed E-state index contributed by atoms with van der Waals surface area (Å²) in [7, 11) is -1.12. The van der Waals surface area contributed by atoms with E-state index in [4.69, 9.17) is 15.7 Å². The number of aromatic nitrogens is 2. The minimum Gasteiger partial charge on any atom is -0.481 e. The van der Waals surface area contributed by atoms with Gasteiger partial charge in [0.2, 0.25) is 0 Å². The molecule has 1 aromatic heterocycles. The normalized spacial score (nSPS) is 20.1. The van der Waals surface area contributed by atoms with Crippen LogP contribution < -0.4 is 15.8 Å². The number of benzene rings is 3. The van der Waals surface area contributed by atoms with Gasteiger partial charge in [0.1, 0.15) is 18.7 Å². The highest BCUT2D eigenvalue weighted by Gasteiger charge is 2.51. The van der Waals surface area contributed by atoms with Crippen LogP contribution in [0, 0.1) is 0 Å². The van der Waals surface area contributed by atoms with Gasteiger partial charge >= 0.3 is 12.3 Å². The van der Waals surface area contributed by atoms with Crippen molar-refractivity contribution in [3.8, 4) is 28.4 Å². The summed E-state index contributed by atoms with van der Waals surface area (Å²) in [6.45, 7) is 2.97. The van der Waals surface area contributed by atoms with E-state index in [-0.39, 0.29) is 28.7 Å². The molecule has 2 saturated carbocycles. The van der Waals surface area contributed by atoms with Crippen molar-refractivity contribution in [1.82, 2.24) is 9.55 Å². The van der Waals surface area contributed by atoms with Crippen LogP contribution in [0.1, 0.15) is 48.4 Å². The molecule has 1 heterocycles. The van der Waals surface area contributed by atoms with Crippen molar-refractivity contribution in [1.29, 1.82) is 0 Å². The van der Waals surface area contributed by atoms with Gasteiger partial charge in [0, 0.05) is 47.0 Å². The van der Waals surface area contributed by atoms with Crippen molar-refractivity contribution in [3.63, 3.8) is 0 Å². The first-order valence-electron chi connectivity index (χ1n) is 14.9. The molecular formula is C34H34F3N4O4P. The molecule has 2 aliphatic rings. The van der Waals surface area contributed by atoms with Crippen molar-refractivity contribution in [2.45, 2.75) is 49.4 Å². The molecule has 0 spiro atoms. The number of hydrogen-bond donors (Lipinski definition) is 2. The second kappa shape index (κ2) is 11.5. The largest absolute Gasteiger partial charge is 0.573 e. The number of imidazole rings is 1. The quantitative estimate of drug-likeness (QED) is 0.115. The molecule has 0 unspecified atom stereocenters. The van der Waals surface area contributed by atoms with Crippen LogP contribution in [0.3, 0.4) is 0 Å². The van der Waals surface area contributed by atoms with Gasteiger partial charge in [0.25, 0.3) is 0 Å². The van der Waals surface area contributed by atoms with Crippen molar-refractivity contribution >= 4 is 30.3 Å². The lowest BCUT2D eigenvalue weighted by Gasteiger charge is -2.42. The zero-order valence-electron chi connectivity index (χ0n) is 25.6. The predicted octanol–water partition coefficient (Wildman–Crippen LogP) is 6.96. The zero-order valence-corrected chi connectivity index (χ0v) is 26.5. The Bertz CT molecular complexity index is 1890. The van der Waals surface area contributed by atoms with Crippen LogP contribution in [0.2, 0.25) is 0 Å². The summed E-state index contributed by atoms with van der Waals surface area (Å²) in [5.74, 6) is -0.944. The molecule has 4 aromatic rings. The number of nitrogens with two attached hydrogens (primary N) is 1. The van der Waals surface area contributed by atoms with Gasteiger partial charge in [-0.05, 0) is 62.8 Å². The Morgan fingerprint density at radius 2 is 1.78 bits per heavy atom. The number of ether oxygens (including phenoxy) is 1. The summed E-state index contributed by atoms with van der Waals surface area (Å²) in [4.78, 5) is 21.9. The van der Waals surface area contributed by atoms with E-state index in [1.807, 2.05) is 36.4 Å². The molecule has 2 fully saturated rings. The number of hydrogen-bond acceptors (Lipinski definition) is 6. The third-order valence-corrected chi connectivity index (χ3v) is 10.4. The third-order valence-electron chi connectivity index (χ3n) is 8.87. The highest BCUT2D eigenvalue weighted by molar-refractivity contribution is 7.70. The van der Waals surface area contributed by atoms with Crippen molar-refractivity contribution in [2.75, 3.05) is 19.1 Å². The highest BCUT2D eigenvalue weighted by atomic mass is 31.2. The van der Waals surface area contributed by atoms with Gasteiger partial charge in [-0.1, -0.05) is 48.5 Å². The lowest BCUT2D eigenvalue weighted by molar-refractivity contribution is -0.274. The van der Waals surface area contributed by atoms with E-state index in [0.29, 0.717) is 35.3 Å². The lowest BCUT2D eigenvalue weighted by Crippen LogP contribution is -2.50. The number of anilines is 1. The number of alkyl halides is 3. The Morgan fingerprint density at radius 1 is 1.09 bits per heavy atom. The molecule has 0 radical (unpaired) electrons. The lowest BCUT2D eigenvalue weighted by atomic mass is 9.61. The predicted molar refractivity (Wildman–Crippen MR) is 173 cm³/mol. The van der Waals surface area contributed by atoms with Crippen LogP contribution >= 0.6 is 7.14 Å². The SMILES string of the molecule is Cn1c(-c2ccc(P(C)(C)=O)cc2OC(F)(F)F)nc(-c2cccc(N)c2C=NC2CC(C(=O)O)(c3ccccc3)C2)c1C1CC1. The molecule has 8 nitrogen and oxygen atoms in total. The van der Waals surface area contributed by atoms with Crippen molar-refractivity contribution in [2.24, 2.45) is 12.0 Å². The maximum atomic E-state index is 13.5. The number of aliphatic carboxylic acids is 1. The van der Waals surface area contributed by atoms with Crippen LogP contribution in [-0.4, -0.2) is 52.6 Å². The zero-order chi connectivity index (χ0) is 33.0. The number of carboxylic acid groups (broad SMARTS) is 1. The minimum absolute atomic E-state index is 0.115. The van der Waals surface area contributed by atoms with Gasteiger partial charge in [-0.15, -0.1) is 13.2 Å². The number of halogens is 3. The Hall–Kier alpha value is -4.37. The molecule has 12 heteroatoms. The first kappa shape index (κ1) is 31.6. The first-order valence-corrected chi connectivity index (χ1v) is 17.5. The van der Waals surface area contributed by atoms with Crippen molar-refractivity contribution in [3.05, 3.63) is 83.6 Å². The van der Waals surface area contributed by atoms with E-state index < -0.39 is 30.6 Å². The van der Waals surface area contributed by atoms with Gasteiger partial charge in [-0.3, -0.25) is 9.79 Å². The third kappa shape index (κ3) is 5.96. The summed E-state index contributed by atoms with van der Waals surface area (Å²) in [5, 5.41) is 10.3. The summed E-state index contributed by atoms with van der Waals surface area (Å²) < 4.78 is 59.6. The van der Waals surface area contributed by atoms with Crippen LogP contribution in [0.4, 0.5) is 18.9 Å². The number of nitrogens with zero attached hydrogens (tertiary/aromatic N) is 3. The molecule has 240 valence electrons. The second-order valence-electron chi connectivity index (χ2n) is 12.5. The molecule has 3 aromatic carbocycles. The molecule has 6 rings (SSSR count). The van der Waals surface area contributed by atoms with Gasteiger partial charge in [0.15, 0.2) is 0 Å². The molecule has 46 heavy (non-hydrogen) atoms. The molecule has 0 atom stereocenters. The summed E-state index contributed by atoms with van der Waals surface area (Å²) in [6, 6.07) is 18.5. The number of carboxylic acids is 1. The standard InChI is InChI=1S/C34H34F3N4O4P/c1-41-30(20-12-13-20)29(40-31(41)25-15-14-23(46(2,3)44)16-28(25)45-34(35,36)37)24-10-7-11-27(38)26(24)19-39-22-17-33(18-22,32(42)43)21-8-5-4-6-9-21/h4-11,14-16,19-20,22H,12-13,17-18,38H2,1-3H3,(H,42,43). The van der Waals surface area contributed by atoms with Crippen LogP contribution in [0.5, 0.6) is 5.75 Å². The van der Waals surface area contributed by atoms with Gasteiger partial charge in [-0.25, -0.2) is 4.98 Å². The van der Waals surface area contributed by atoms with Gasteiger partial charge in [-0.2, -0.15) is 0 Å². The van der Waals surface area contributed by atoms with E-state index in [1.165, 1.54) is 25.5 Å². The average Bonchev–Trinajstić information content (AvgIpc) is 3.74. The van der Waals surface area contributed by atoms with Gasteiger partial charge < -0.3 is 24.7 Å². The Morgan fingerprint density at radius 3 is 2.39 bits per heavy atom. The maximum Gasteiger partial charge on any atom is 0.573 e. The van der Waals surface area contributed by atoms with Crippen LogP contribution in [-0.2, 0) is 21.8 Å². The van der Waals surface area contributed by atoms with Crippen LogP contribution in [0.25, 0.3) is 22.6 Å². The first-order chi connectivity index (χ1) is 21.7. The molecule has 0 bridgehead atoms. The van der Waals surface area contributed by atoms with E-state index >= 15 is 0 Å². The average molecular weight is 651 g/mol. The summed E-state index contributed by atoms with van der Waals surface area (Å²) in [6.07, 6.45) is -0.834. The Labute approximate surface area is 264 Å². The Balaban J connectivity index is 1.40. The van der Waals surface area contributed by atoms with Crippen molar-refractivity contribution < 1.29 is 32.4 Å². The second-order valence-corrected chi connectivity index (χ2v) is 15.7. The summed E-state index contributed by atoms with van der Waals surface area (Å²) in [5.41, 5.74) is 9.44. The topological polar surface area (TPSA) is 120 Å². The molecule has 0 aliphatic heterocycles. The van der Waals surface area contributed by atoms with Gasteiger partial charge in [0.05, 0.1) is 22.7 Å². The number of aliphatic imine (C=N–C) groups is 1.